The van der Waals surface area contributed by atoms with Crippen molar-refractivity contribution in [1.29, 1.82) is 0 Å². The van der Waals surface area contributed by atoms with Crippen LogP contribution in [0.5, 0.6) is 11.5 Å². The van der Waals surface area contributed by atoms with Crippen LogP contribution in [-0.2, 0) is 11.8 Å². The maximum atomic E-state index is 6.02. The highest BCUT2D eigenvalue weighted by molar-refractivity contribution is 6.32. The van der Waals surface area contributed by atoms with Crippen molar-refractivity contribution in [3.63, 3.8) is 0 Å². The third kappa shape index (κ3) is 19.0. The number of anilines is 9. The molecule has 1 aliphatic rings. The summed E-state index contributed by atoms with van der Waals surface area (Å²) in [5, 5.41) is 3.82. The van der Waals surface area contributed by atoms with Gasteiger partial charge in [0.1, 0.15) is 19.3 Å². The average molecular weight is 1360 g/mol. The van der Waals surface area contributed by atoms with Crippen LogP contribution in [0.4, 0.5) is 51.2 Å². The molecule has 0 unspecified atom stereocenters. The van der Waals surface area contributed by atoms with Gasteiger partial charge in [-0.3, -0.25) is 0 Å². The average Bonchev–Trinajstić information content (AvgIpc) is 1.54. The Balaban J connectivity index is 0.000000134. The summed E-state index contributed by atoms with van der Waals surface area (Å²) in [6.07, 6.45) is 0.973. The normalized spacial score (nSPS) is 11.0. The van der Waals surface area contributed by atoms with Crippen LogP contribution in [0.25, 0.3) is 43.8 Å². The van der Waals surface area contributed by atoms with E-state index in [2.05, 4.69) is 166 Å². The Morgan fingerprint density at radius 3 is 1.04 bits per heavy atom. The van der Waals surface area contributed by atoms with Crippen molar-refractivity contribution in [3.05, 3.63) is 395 Å². The molecule has 0 heterocycles. The highest BCUT2D eigenvalue weighted by atomic mass is 16.5. The molecule has 0 saturated carbocycles. The van der Waals surface area contributed by atoms with Gasteiger partial charge in [0, 0.05) is 67.3 Å². The van der Waals surface area contributed by atoms with Crippen molar-refractivity contribution < 1.29 is 4.74 Å². The Morgan fingerprint density at radius 2 is 0.596 bits per heavy atom. The Morgan fingerprint density at radius 1 is 0.279 bits per heavy atom. The lowest BCUT2D eigenvalue weighted by Crippen LogP contribution is -2.28. The first-order valence-corrected chi connectivity index (χ1v) is 34.4. The van der Waals surface area contributed by atoms with Crippen LogP contribution < -0.4 is 61.8 Å². The topological polar surface area (TPSA) is 243 Å². The summed E-state index contributed by atoms with van der Waals surface area (Å²) in [6, 6.07) is 112. The van der Waals surface area contributed by atoms with E-state index in [9.17, 15) is 0 Å². The summed E-state index contributed by atoms with van der Waals surface area (Å²) >= 11 is 0. The molecular weight excluding hydrogens is 1270 g/mol. The van der Waals surface area contributed by atoms with E-state index < -0.39 is 0 Å². The predicted octanol–water partition coefficient (Wildman–Crippen LogP) is 20.1. The van der Waals surface area contributed by atoms with Crippen molar-refractivity contribution in [2.75, 3.05) is 51.6 Å². The second-order valence-electron chi connectivity index (χ2n) is 25.9. The summed E-state index contributed by atoms with van der Waals surface area (Å²) < 4.78 is 5.63. The van der Waals surface area contributed by atoms with Crippen LogP contribution in [-0.4, -0.2) is 7.85 Å². The smallest absolute Gasteiger partial charge is 0.127 e. The monoisotopic (exact) mass is 1360 g/mol. The Hall–Kier alpha value is -13.1. The molecule has 104 heavy (non-hydrogen) atoms. The van der Waals surface area contributed by atoms with E-state index in [1.54, 1.807) is 12.1 Å². The highest BCUT2D eigenvalue weighted by Gasteiger charge is 2.45. The fourth-order valence-corrected chi connectivity index (χ4v) is 12.3. The van der Waals surface area contributed by atoms with E-state index >= 15 is 0 Å². The molecule has 15 aromatic rings. The number of rotatable bonds is 7. The molecule has 0 saturated heterocycles. The Labute approximate surface area is 613 Å². The molecule has 0 bridgehead atoms. The van der Waals surface area contributed by atoms with Gasteiger partial charge in [0.05, 0.1) is 5.41 Å². The first-order valence-electron chi connectivity index (χ1n) is 34.4. The number of hydrogen-bond donors (Lipinski definition) is 9. The quantitative estimate of drug-likeness (QED) is 0.0540. The standard InChI is InChI=1S/C26H21N.C14H15N.C13H11B.C13H13NO.C10H11N3.C10H10N2.C7H9N/c1-18-10-12-19(13-11-18)26(20-14-16-21(27)17-15-20)24-8-4-2-6-22(24)23-7-3-5-9-25(23)26;1-11-2-4-12(5-3-11)10-13-6-8-14(15)9-7-13;1-10-2-4-11(5-3-10)12-6-8-13(14)9-7-12;1-10-2-6-12(7-3-10)15-13-8-4-11(14)5-9-13;11-7-4-5-9(13)10-6(7)2-1-3-8(10)12;11-8-5-1-3-7-4-2-6-9(12)10(7)8;1-6-2-4-7(8)5-3-6/h2-17H,27H2,1H3;2-9H,10,15H2,1H3;2-9H,1H3;2-9H,14H2,1H3;1-5H,11-13H2;1-6H,11-12H2;2-5H,8H2,1H3. The van der Waals surface area contributed by atoms with Crippen LogP contribution in [0.2, 0.25) is 0 Å². The van der Waals surface area contributed by atoms with Crippen molar-refractivity contribution in [2.24, 2.45) is 0 Å². The molecule has 0 atom stereocenters. The lowest BCUT2D eigenvalue weighted by Gasteiger charge is -2.34. The van der Waals surface area contributed by atoms with Gasteiger partial charge in [-0.15, -0.1) is 0 Å². The molecule has 516 valence electrons. The van der Waals surface area contributed by atoms with Gasteiger partial charge < -0.3 is 56.3 Å². The summed E-state index contributed by atoms with van der Waals surface area (Å²) in [6.45, 7) is 10.4. The lowest BCUT2D eigenvalue weighted by atomic mass is 9.67. The van der Waals surface area contributed by atoms with E-state index in [1.807, 2.05) is 190 Å². The molecule has 1 aliphatic carbocycles. The number of fused-ring (bicyclic) bond motifs is 5. The molecule has 18 N–H and O–H groups in total. The van der Waals surface area contributed by atoms with Gasteiger partial charge in [0.2, 0.25) is 0 Å². The van der Waals surface area contributed by atoms with Crippen LogP contribution in [0.3, 0.4) is 0 Å². The molecule has 2 radical (unpaired) electrons. The number of nitrogens with two attached hydrogens (primary N) is 9. The molecule has 0 fully saturated rings. The molecule has 10 nitrogen and oxygen atoms in total. The minimum atomic E-state index is -0.325. The van der Waals surface area contributed by atoms with Crippen LogP contribution in [0, 0.1) is 34.6 Å². The molecule has 0 spiro atoms. The summed E-state index contributed by atoms with van der Waals surface area (Å²) in [7, 11) is 5.63. The molecule has 11 heteroatoms. The van der Waals surface area contributed by atoms with Gasteiger partial charge >= 0.3 is 0 Å². The first kappa shape index (κ1) is 73.6. The zero-order chi connectivity index (χ0) is 73.7. The fourth-order valence-electron chi connectivity index (χ4n) is 12.3. The molecule has 16 rings (SSSR count). The zero-order valence-corrected chi connectivity index (χ0v) is 59.6. The number of nitrogen functional groups attached to an aromatic ring is 9. The zero-order valence-electron chi connectivity index (χ0n) is 59.6. The predicted molar refractivity (Wildman–Crippen MR) is 447 cm³/mol. The van der Waals surface area contributed by atoms with Crippen molar-refractivity contribution in [1.82, 2.24) is 0 Å². The maximum Gasteiger partial charge on any atom is 0.127 e. The highest BCUT2D eigenvalue weighted by Crippen LogP contribution is 2.56. The molecular formula is C93H90BN9O. The fraction of sp³-hybridized carbons (Fsp3) is 0.0753. The number of hydrogen-bond acceptors (Lipinski definition) is 10. The minimum absolute atomic E-state index is 0.325. The van der Waals surface area contributed by atoms with Crippen LogP contribution in [0.15, 0.2) is 334 Å². The van der Waals surface area contributed by atoms with Gasteiger partial charge in [-0.25, -0.2) is 0 Å². The van der Waals surface area contributed by atoms with Gasteiger partial charge in [-0.2, -0.15) is 0 Å². The van der Waals surface area contributed by atoms with E-state index in [-0.39, 0.29) is 5.41 Å². The van der Waals surface area contributed by atoms with E-state index in [0.29, 0.717) is 17.1 Å². The molecule has 0 amide bonds. The van der Waals surface area contributed by atoms with Gasteiger partial charge in [0.15, 0.2) is 0 Å². The van der Waals surface area contributed by atoms with Crippen LogP contribution in [0.1, 0.15) is 61.2 Å². The van der Waals surface area contributed by atoms with E-state index in [1.165, 1.54) is 83.5 Å². The van der Waals surface area contributed by atoms with Gasteiger partial charge in [-0.05, 0) is 205 Å². The van der Waals surface area contributed by atoms with Gasteiger partial charge in [0.25, 0.3) is 0 Å². The largest absolute Gasteiger partial charge is 0.457 e. The summed E-state index contributed by atoms with van der Waals surface area (Å²) in [4.78, 5) is 0. The SMILES string of the molecule is Cc1ccc(C2(c3ccc(N)cc3)c3ccccc3-c3ccccc32)cc1.Cc1ccc(Cc2ccc(N)cc2)cc1.Cc1ccc(N)cc1.Cc1ccc(Oc2ccc(N)cc2)cc1.Nc1ccc(N)c2c(N)cccc12.Nc1cccc2cccc(N)c12.[B]c1ccc(-c2ccc(C)cc2)cc1. The number of ether oxygens (including phenoxy) is 1. The summed E-state index contributed by atoms with van der Waals surface area (Å²) in [5.41, 5.74) is 78.0. The third-order valence-electron chi connectivity index (χ3n) is 17.9. The van der Waals surface area contributed by atoms with Crippen LogP contribution >= 0.6 is 0 Å². The van der Waals surface area contributed by atoms with Crippen molar-refractivity contribution in [2.45, 2.75) is 46.5 Å². The number of benzene rings is 15. The number of aryl methyl sites for hydroxylation is 5. The van der Waals surface area contributed by atoms with Crippen molar-refractivity contribution >= 4 is 86.0 Å². The van der Waals surface area contributed by atoms with Gasteiger partial charge in [-0.1, -0.05) is 264 Å². The third-order valence-corrected chi connectivity index (χ3v) is 17.9. The summed E-state index contributed by atoms with van der Waals surface area (Å²) in [5.74, 6) is 1.64. The minimum Gasteiger partial charge on any atom is -0.457 e. The Bertz CT molecular complexity index is 4870. The molecule has 15 aromatic carbocycles. The second-order valence-corrected chi connectivity index (χ2v) is 25.9. The maximum absolute atomic E-state index is 6.02. The molecule has 0 aromatic heterocycles. The molecule has 0 aliphatic heterocycles. The van der Waals surface area contributed by atoms with E-state index in [0.717, 1.165) is 79.1 Å². The van der Waals surface area contributed by atoms with E-state index in [4.69, 9.17) is 64.2 Å². The van der Waals surface area contributed by atoms with Crippen molar-refractivity contribution in [3.8, 4) is 33.8 Å². The lowest BCUT2D eigenvalue weighted by molar-refractivity contribution is 0.482. The first-order chi connectivity index (χ1) is 50.2. The second kappa shape index (κ2) is 34.8. The Kier molecular flexibility index (Phi) is 24.6.